The first-order valence-electron chi connectivity index (χ1n) is 5.96. The smallest absolute Gasteiger partial charge is 0.245 e. The zero-order valence-corrected chi connectivity index (χ0v) is 9.52. The van der Waals surface area contributed by atoms with Crippen LogP contribution in [0.5, 0.6) is 5.88 Å². The van der Waals surface area contributed by atoms with Gasteiger partial charge in [0.2, 0.25) is 11.8 Å². The summed E-state index contributed by atoms with van der Waals surface area (Å²) in [4.78, 5) is 15.2. The fourth-order valence-electron chi connectivity index (χ4n) is 2.25. The van der Waals surface area contributed by atoms with Gasteiger partial charge in [0.15, 0.2) is 5.65 Å². The number of rotatable bonds is 2. The molecule has 1 aliphatic carbocycles. The van der Waals surface area contributed by atoms with Crippen LogP contribution in [-0.4, -0.2) is 26.0 Å². The maximum Gasteiger partial charge on any atom is 0.245 e. The summed E-state index contributed by atoms with van der Waals surface area (Å²) in [5.74, 6) is 0.729. The molecule has 1 aliphatic rings. The van der Waals surface area contributed by atoms with Crippen LogP contribution in [0.2, 0.25) is 0 Å². The second kappa shape index (κ2) is 4.20. The van der Waals surface area contributed by atoms with Crippen LogP contribution >= 0.6 is 0 Å². The Morgan fingerprint density at radius 2 is 2.06 bits per heavy atom. The van der Waals surface area contributed by atoms with Crippen LogP contribution in [0.4, 0.5) is 5.95 Å². The number of hydrogen-bond acceptors (Lipinski definition) is 5. The first-order valence-corrected chi connectivity index (χ1v) is 5.96. The predicted octanol–water partition coefficient (Wildman–Crippen LogP) is 1.65. The molecule has 2 aromatic rings. The lowest BCUT2D eigenvalue weighted by Crippen LogP contribution is -2.20. The number of nitrogens with zero attached hydrogens (tertiary/aromatic N) is 3. The lowest BCUT2D eigenvalue weighted by Gasteiger charge is -2.22. The van der Waals surface area contributed by atoms with Gasteiger partial charge in [0.05, 0.1) is 6.33 Å². The highest BCUT2D eigenvalue weighted by Gasteiger charge is 2.18. The van der Waals surface area contributed by atoms with Crippen LogP contribution in [0.25, 0.3) is 11.2 Å². The molecule has 0 aromatic carbocycles. The Balaban J connectivity index is 1.90. The Morgan fingerprint density at radius 3 is 2.88 bits per heavy atom. The average molecular weight is 233 g/mol. The Hall–Kier alpha value is -1.85. The van der Waals surface area contributed by atoms with Crippen molar-refractivity contribution in [2.75, 3.05) is 5.73 Å². The van der Waals surface area contributed by atoms with E-state index in [1.54, 1.807) is 6.33 Å². The molecule has 6 nitrogen and oxygen atoms in total. The topological polar surface area (TPSA) is 89.7 Å². The predicted molar refractivity (Wildman–Crippen MR) is 63.6 cm³/mol. The third-order valence-corrected chi connectivity index (χ3v) is 3.10. The maximum atomic E-state index is 5.91. The van der Waals surface area contributed by atoms with Crippen molar-refractivity contribution in [3.63, 3.8) is 0 Å². The Labute approximate surface area is 98.6 Å². The molecule has 1 fully saturated rings. The van der Waals surface area contributed by atoms with Gasteiger partial charge in [-0.15, -0.1) is 0 Å². The third kappa shape index (κ3) is 2.02. The van der Waals surface area contributed by atoms with E-state index in [1.807, 2.05) is 0 Å². The van der Waals surface area contributed by atoms with Gasteiger partial charge in [-0.3, -0.25) is 0 Å². The summed E-state index contributed by atoms with van der Waals surface area (Å²) < 4.78 is 5.91. The van der Waals surface area contributed by atoms with Crippen LogP contribution in [0.15, 0.2) is 6.33 Å². The first kappa shape index (κ1) is 10.3. The van der Waals surface area contributed by atoms with Crippen molar-refractivity contribution in [1.29, 1.82) is 0 Å². The van der Waals surface area contributed by atoms with Crippen molar-refractivity contribution < 1.29 is 4.74 Å². The van der Waals surface area contributed by atoms with Crippen molar-refractivity contribution in [2.45, 2.75) is 38.2 Å². The second-order valence-electron chi connectivity index (χ2n) is 4.37. The van der Waals surface area contributed by atoms with E-state index in [4.69, 9.17) is 10.5 Å². The van der Waals surface area contributed by atoms with E-state index < -0.39 is 0 Å². The van der Waals surface area contributed by atoms with Crippen molar-refractivity contribution in [1.82, 2.24) is 19.9 Å². The number of aromatic amines is 1. The van der Waals surface area contributed by atoms with Gasteiger partial charge in [-0.05, 0) is 25.7 Å². The first-order chi connectivity index (χ1) is 8.33. The van der Waals surface area contributed by atoms with Gasteiger partial charge in [0, 0.05) is 0 Å². The van der Waals surface area contributed by atoms with Gasteiger partial charge in [-0.25, -0.2) is 4.98 Å². The third-order valence-electron chi connectivity index (χ3n) is 3.10. The van der Waals surface area contributed by atoms with E-state index in [0.717, 1.165) is 18.4 Å². The van der Waals surface area contributed by atoms with Crippen molar-refractivity contribution in [3.8, 4) is 5.88 Å². The number of nitrogens with two attached hydrogens (primary N) is 1. The molecule has 0 amide bonds. The summed E-state index contributed by atoms with van der Waals surface area (Å²) in [6, 6.07) is 0. The highest BCUT2D eigenvalue weighted by Crippen LogP contribution is 2.26. The molecule has 0 unspecified atom stereocenters. The molecule has 90 valence electrons. The summed E-state index contributed by atoms with van der Waals surface area (Å²) in [5, 5.41) is 0. The summed E-state index contributed by atoms with van der Waals surface area (Å²) >= 11 is 0. The van der Waals surface area contributed by atoms with Gasteiger partial charge < -0.3 is 15.5 Å². The molecule has 1 saturated carbocycles. The summed E-state index contributed by atoms with van der Waals surface area (Å²) in [6.07, 6.45) is 7.72. The molecule has 0 saturated heterocycles. The lowest BCUT2D eigenvalue weighted by molar-refractivity contribution is 0.151. The van der Waals surface area contributed by atoms with E-state index >= 15 is 0 Å². The molecule has 3 rings (SSSR count). The normalized spacial score (nSPS) is 17.4. The van der Waals surface area contributed by atoms with Crippen LogP contribution in [0, 0.1) is 0 Å². The Kier molecular flexibility index (Phi) is 2.55. The minimum Gasteiger partial charge on any atom is -0.473 e. The molecule has 0 bridgehead atoms. The number of nitrogens with one attached hydrogen (secondary N) is 1. The highest BCUT2D eigenvalue weighted by atomic mass is 16.5. The van der Waals surface area contributed by atoms with E-state index in [2.05, 4.69) is 19.9 Å². The molecule has 2 heterocycles. The molecular weight excluding hydrogens is 218 g/mol. The average Bonchev–Trinajstić information content (AvgIpc) is 2.78. The van der Waals surface area contributed by atoms with E-state index in [0.29, 0.717) is 11.5 Å². The minimum absolute atomic E-state index is 0.204. The summed E-state index contributed by atoms with van der Waals surface area (Å²) in [5.41, 5.74) is 6.92. The standard InChI is InChI=1S/C11H15N5O/c12-11-15-9-8(13-6-14-9)10(16-11)17-7-4-2-1-3-5-7/h6-7H,1-5H2,(H3,12,13,14,15,16). The summed E-state index contributed by atoms with van der Waals surface area (Å²) in [6.45, 7) is 0. The number of ether oxygens (including phenoxy) is 1. The number of hydrogen-bond donors (Lipinski definition) is 2. The van der Waals surface area contributed by atoms with Gasteiger partial charge in [-0.1, -0.05) is 6.42 Å². The number of anilines is 1. The number of aromatic nitrogens is 4. The zero-order chi connectivity index (χ0) is 11.7. The monoisotopic (exact) mass is 233 g/mol. The van der Waals surface area contributed by atoms with Crippen LogP contribution in [0.3, 0.4) is 0 Å². The Morgan fingerprint density at radius 1 is 1.24 bits per heavy atom. The molecule has 0 radical (unpaired) electrons. The number of nitrogen functional groups attached to an aromatic ring is 1. The molecule has 0 aliphatic heterocycles. The molecular formula is C11H15N5O. The van der Waals surface area contributed by atoms with E-state index in [-0.39, 0.29) is 12.1 Å². The molecule has 0 spiro atoms. The lowest BCUT2D eigenvalue weighted by atomic mass is 9.98. The van der Waals surface area contributed by atoms with Gasteiger partial charge in [0.1, 0.15) is 11.6 Å². The van der Waals surface area contributed by atoms with E-state index in [1.165, 1.54) is 19.3 Å². The number of fused-ring (bicyclic) bond motifs is 1. The molecule has 6 heteroatoms. The van der Waals surface area contributed by atoms with Gasteiger partial charge in [-0.2, -0.15) is 9.97 Å². The van der Waals surface area contributed by atoms with Crippen LogP contribution < -0.4 is 10.5 Å². The van der Waals surface area contributed by atoms with Gasteiger partial charge >= 0.3 is 0 Å². The molecule has 2 aromatic heterocycles. The number of H-pyrrole nitrogens is 1. The Bertz CT molecular complexity index is 518. The molecule has 0 atom stereocenters. The maximum absolute atomic E-state index is 5.91. The van der Waals surface area contributed by atoms with Crippen molar-refractivity contribution in [3.05, 3.63) is 6.33 Å². The summed E-state index contributed by atoms with van der Waals surface area (Å²) in [7, 11) is 0. The van der Waals surface area contributed by atoms with Crippen LogP contribution in [-0.2, 0) is 0 Å². The zero-order valence-electron chi connectivity index (χ0n) is 9.52. The quantitative estimate of drug-likeness (QED) is 0.823. The molecule has 3 N–H and O–H groups in total. The fourth-order valence-corrected chi connectivity index (χ4v) is 2.25. The fraction of sp³-hybridized carbons (Fsp3) is 0.545. The number of imidazole rings is 1. The van der Waals surface area contributed by atoms with Gasteiger partial charge in [0.25, 0.3) is 0 Å². The van der Waals surface area contributed by atoms with Crippen molar-refractivity contribution >= 4 is 17.1 Å². The SMILES string of the molecule is Nc1nc(OC2CCCCC2)c2[nH]cnc2n1. The minimum atomic E-state index is 0.204. The van der Waals surface area contributed by atoms with Crippen molar-refractivity contribution in [2.24, 2.45) is 0 Å². The molecule has 17 heavy (non-hydrogen) atoms. The highest BCUT2D eigenvalue weighted by molar-refractivity contribution is 5.76. The second-order valence-corrected chi connectivity index (χ2v) is 4.37. The largest absolute Gasteiger partial charge is 0.473 e. The van der Waals surface area contributed by atoms with E-state index in [9.17, 15) is 0 Å². The van der Waals surface area contributed by atoms with Crippen LogP contribution in [0.1, 0.15) is 32.1 Å².